The van der Waals surface area contributed by atoms with E-state index in [9.17, 15) is 4.79 Å². The van der Waals surface area contributed by atoms with E-state index in [0.29, 0.717) is 0 Å². The van der Waals surface area contributed by atoms with Crippen molar-refractivity contribution in [3.8, 4) is 0 Å². The number of anilines is 4. The first-order valence-corrected chi connectivity index (χ1v) is 7.34. The van der Waals surface area contributed by atoms with Gasteiger partial charge in [-0.1, -0.05) is 0 Å². The molecule has 0 saturated carbocycles. The average Bonchev–Trinajstić information content (AvgIpc) is 2.50. The molecule has 0 radical (unpaired) electrons. The number of hydrogen-bond donors (Lipinski definition) is 2. The highest BCUT2D eigenvalue weighted by atomic mass is 16.1. The van der Waals surface area contributed by atoms with Crippen LogP contribution in [0, 0.1) is 0 Å². The monoisotopic (exact) mass is 299 g/mol. The number of amides is 1. The first-order valence-electron chi connectivity index (χ1n) is 7.34. The summed E-state index contributed by atoms with van der Waals surface area (Å²) in [4.78, 5) is 21.7. The van der Waals surface area contributed by atoms with Crippen molar-refractivity contribution in [2.45, 2.75) is 20.8 Å². The van der Waals surface area contributed by atoms with E-state index in [-0.39, 0.29) is 5.91 Å². The Morgan fingerprint density at radius 1 is 1.09 bits per heavy atom. The lowest BCUT2D eigenvalue weighted by atomic mass is 10.2. The van der Waals surface area contributed by atoms with Crippen molar-refractivity contribution in [3.05, 3.63) is 36.7 Å². The van der Waals surface area contributed by atoms with Crippen molar-refractivity contribution in [1.29, 1.82) is 0 Å². The minimum absolute atomic E-state index is 0.0830. The van der Waals surface area contributed by atoms with Gasteiger partial charge in [-0.15, -0.1) is 0 Å². The van der Waals surface area contributed by atoms with Crippen molar-refractivity contribution < 1.29 is 4.79 Å². The molecule has 1 heterocycles. The highest BCUT2D eigenvalue weighted by molar-refractivity contribution is 5.88. The molecule has 0 bridgehead atoms. The van der Waals surface area contributed by atoms with Gasteiger partial charge in [0.1, 0.15) is 18.0 Å². The van der Waals surface area contributed by atoms with Gasteiger partial charge in [-0.05, 0) is 38.1 Å². The molecule has 0 spiro atoms. The van der Waals surface area contributed by atoms with Gasteiger partial charge in [0.15, 0.2) is 0 Å². The van der Waals surface area contributed by atoms with Crippen LogP contribution >= 0.6 is 0 Å². The summed E-state index contributed by atoms with van der Waals surface area (Å²) in [5.74, 6) is 1.56. The quantitative estimate of drug-likeness (QED) is 0.858. The third-order valence-electron chi connectivity index (χ3n) is 3.22. The number of rotatable bonds is 6. The van der Waals surface area contributed by atoms with Crippen LogP contribution in [0.2, 0.25) is 0 Å². The van der Waals surface area contributed by atoms with Crippen LogP contribution in [0.1, 0.15) is 20.8 Å². The summed E-state index contributed by atoms with van der Waals surface area (Å²) in [6.45, 7) is 7.48. The Morgan fingerprint density at radius 3 is 2.32 bits per heavy atom. The number of nitrogens with zero attached hydrogens (tertiary/aromatic N) is 3. The van der Waals surface area contributed by atoms with E-state index < -0.39 is 0 Å². The standard InChI is InChI=1S/C16H21N5O/c1-4-21(5-2)16-10-15(17-11-18-16)20-14-8-6-13(7-9-14)19-12(3)22/h6-11H,4-5H2,1-3H3,(H,19,22)(H,17,18,20). The number of carbonyl (C=O) groups excluding carboxylic acids is 1. The lowest BCUT2D eigenvalue weighted by molar-refractivity contribution is -0.114. The summed E-state index contributed by atoms with van der Waals surface area (Å²) in [5.41, 5.74) is 1.67. The molecular formula is C16H21N5O. The molecule has 2 N–H and O–H groups in total. The van der Waals surface area contributed by atoms with Gasteiger partial charge in [0, 0.05) is 37.5 Å². The Morgan fingerprint density at radius 2 is 1.73 bits per heavy atom. The largest absolute Gasteiger partial charge is 0.357 e. The first kappa shape index (κ1) is 15.8. The molecule has 1 aromatic carbocycles. The van der Waals surface area contributed by atoms with Gasteiger partial charge in [0.25, 0.3) is 0 Å². The van der Waals surface area contributed by atoms with Crippen molar-refractivity contribution in [2.24, 2.45) is 0 Å². The molecule has 0 aliphatic heterocycles. The summed E-state index contributed by atoms with van der Waals surface area (Å²) in [5, 5.41) is 5.97. The Labute approximate surface area is 130 Å². The number of nitrogens with one attached hydrogen (secondary N) is 2. The smallest absolute Gasteiger partial charge is 0.221 e. The van der Waals surface area contributed by atoms with Crippen LogP contribution in [0.3, 0.4) is 0 Å². The molecule has 0 aliphatic carbocycles. The molecule has 22 heavy (non-hydrogen) atoms. The van der Waals surface area contributed by atoms with E-state index in [1.54, 1.807) is 6.33 Å². The molecule has 116 valence electrons. The molecule has 2 aromatic rings. The first-order chi connectivity index (χ1) is 10.6. The van der Waals surface area contributed by atoms with Crippen LogP contribution in [0.15, 0.2) is 36.7 Å². The zero-order chi connectivity index (χ0) is 15.9. The summed E-state index contributed by atoms with van der Waals surface area (Å²) < 4.78 is 0. The molecule has 0 fully saturated rings. The second-order valence-corrected chi connectivity index (χ2v) is 4.82. The van der Waals surface area contributed by atoms with Crippen LogP contribution in [-0.2, 0) is 4.79 Å². The number of aromatic nitrogens is 2. The Balaban J connectivity index is 2.10. The van der Waals surface area contributed by atoms with E-state index >= 15 is 0 Å². The second-order valence-electron chi connectivity index (χ2n) is 4.82. The SMILES string of the molecule is CCN(CC)c1cc(Nc2ccc(NC(C)=O)cc2)ncn1. The van der Waals surface area contributed by atoms with Gasteiger partial charge < -0.3 is 15.5 Å². The molecule has 2 rings (SSSR count). The summed E-state index contributed by atoms with van der Waals surface area (Å²) in [6.07, 6.45) is 1.56. The van der Waals surface area contributed by atoms with Gasteiger partial charge in [-0.25, -0.2) is 9.97 Å². The second kappa shape index (κ2) is 7.40. The normalized spacial score (nSPS) is 10.1. The third-order valence-corrected chi connectivity index (χ3v) is 3.22. The number of hydrogen-bond acceptors (Lipinski definition) is 5. The van der Waals surface area contributed by atoms with Gasteiger partial charge in [0.05, 0.1) is 0 Å². The Kier molecular flexibility index (Phi) is 5.30. The van der Waals surface area contributed by atoms with Crippen molar-refractivity contribution in [1.82, 2.24) is 9.97 Å². The van der Waals surface area contributed by atoms with Gasteiger partial charge in [0.2, 0.25) is 5.91 Å². The summed E-state index contributed by atoms with van der Waals surface area (Å²) in [7, 11) is 0. The minimum atomic E-state index is -0.0830. The van der Waals surface area contributed by atoms with Crippen molar-refractivity contribution >= 4 is 28.9 Å². The van der Waals surface area contributed by atoms with Crippen LogP contribution in [0.25, 0.3) is 0 Å². The summed E-state index contributed by atoms with van der Waals surface area (Å²) in [6, 6.07) is 9.40. The van der Waals surface area contributed by atoms with Gasteiger partial charge in [-0.3, -0.25) is 4.79 Å². The molecule has 1 aromatic heterocycles. The Bertz CT molecular complexity index is 623. The van der Waals surface area contributed by atoms with E-state index in [2.05, 4.69) is 39.3 Å². The van der Waals surface area contributed by atoms with Crippen LogP contribution in [0.5, 0.6) is 0 Å². The van der Waals surface area contributed by atoms with E-state index in [1.165, 1.54) is 6.92 Å². The maximum Gasteiger partial charge on any atom is 0.221 e. The van der Waals surface area contributed by atoms with E-state index in [1.807, 2.05) is 30.3 Å². The lowest BCUT2D eigenvalue weighted by Crippen LogP contribution is -2.23. The zero-order valence-electron chi connectivity index (χ0n) is 13.1. The van der Waals surface area contributed by atoms with E-state index in [4.69, 9.17) is 0 Å². The highest BCUT2D eigenvalue weighted by Gasteiger charge is 2.05. The predicted molar refractivity (Wildman–Crippen MR) is 89.6 cm³/mol. The van der Waals surface area contributed by atoms with E-state index in [0.717, 1.165) is 36.1 Å². The topological polar surface area (TPSA) is 70.2 Å². The zero-order valence-corrected chi connectivity index (χ0v) is 13.1. The van der Waals surface area contributed by atoms with Crippen molar-refractivity contribution in [2.75, 3.05) is 28.6 Å². The number of benzene rings is 1. The molecule has 0 unspecified atom stereocenters. The molecule has 1 amide bonds. The lowest BCUT2D eigenvalue weighted by Gasteiger charge is -2.19. The van der Waals surface area contributed by atoms with Crippen LogP contribution in [0.4, 0.5) is 23.0 Å². The minimum Gasteiger partial charge on any atom is -0.357 e. The van der Waals surface area contributed by atoms with Crippen LogP contribution in [-0.4, -0.2) is 29.0 Å². The number of carbonyl (C=O) groups is 1. The van der Waals surface area contributed by atoms with Crippen molar-refractivity contribution in [3.63, 3.8) is 0 Å². The molecular weight excluding hydrogens is 278 g/mol. The Hall–Kier alpha value is -2.63. The average molecular weight is 299 g/mol. The van der Waals surface area contributed by atoms with Crippen LogP contribution < -0.4 is 15.5 Å². The van der Waals surface area contributed by atoms with Gasteiger partial charge >= 0.3 is 0 Å². The molecule has 6 heteroatoms. The fraction of sp³-hybridized carbons (Fsp3) is 0.312. The summed E-state index contributed by atoms with van der Waals surface area (Å²) >= 11 is 0. The third kappa shape index (κ3) is 4.18. The predicted octanol–water partition coefficient (Wildman–Crippen LogP) is 3.02. The van der Waals surface area contributed by atoms with Gasteiger partial charge in [-0.2, -0.15) is 0 Å². The molecule has 6 nitrogen and oxygen atoms in total. The maximum absolute atomic E-state index is 11.0. The fourth-order valence-electron chi connectivity index (χ4n) is 2.12. The molecule has 0 atom stereocenters. The maximum atomic E-state index is 11.0. The fourth-order valence-corrected chi connectivity index (χ4v) is 2.12. The molecule has 0 saturated heterocycles. The molecule has 0 aliphatic rings. The highest BCUT2D eigenvalue weighted by Crippen LogP contribution is 2.20.